The molecule has 1 N–H and O–H groups in total. The first kappa shape index (κ1) is 18.9. The maximum atomic E-state index is 12.6. The Hall–Kier alpha value is -2.85. The van der Waals surface area contributed by atoms with Crippen LogP contribution in [-0.2, 0) is 11.8 Å². The predicted octanol–water partition coefficient (Wildman–Crippen LogP) is 3.88. The van der Waals surface area contributed by atoms with Crippen LogP contribution >= 0.6 is 11.8 Å². The summed E-state index contributed by atoms with van der Waals surface area (Å²) in [4.78, 5) is 17.3. The van der Waals surface area contributed by atoms with Crippen molar-refractivity contribution < 1.29 is 4.79 Å². The van der Waals surface area contributed by atoms with Crippen LogP contribution in [0.5, 0.6) is 0 Å². The predicted molar refractivity (Wildman–Crippen MR) is 108 cm³/mol. The van der Waals surface area contributed by atoms with Crippen LogP contribution in [0, 0.1) is 32.1 Å². The van der Waals surface area contributed by atoms with E-state index in [-0.39, 0.29) is 11.2 Å². The van der Waals surface area contributed by atoms with Gasteiger partial charge in [0.15, 0.2) is 0 Å². The fourth-order valence-electron chi connectivity index (χ4n) is 3.00. The second kappa shape index (κ2) is 7.41. The van der Waals surface area contributed by atoms with E-state index in [9.17, 15) is 4.79 Å². The van der Waals surface area contributed by atoms with Crippen molar-refractivity contribution in [1.82, 2.24) is 14.8 Å². The molecule has 1 amide bonds. The third kappa shape index (κ3) is 3.81. The van der Waals surface area contributed by atoms with Crippen molar-refractivity contribution in [3.05, 3.63) is 46.6 Å². The Balaban J connectivity index is 1.83. The molecule has 0 aliphatic heterocycles. The van der Waals surface area contributed by atoms with Crippen molar-refractivity contribution in [1.29, 1.82) is 5.26 Å². The number of thioether (sulfide) groups is 1. The molecule has 1 atom stereocenters. The zero-order valence-electron chi connectivity index (χ0n) is 16.0. The van der Waals surface area contributed by atoms with Crippen molar-refractivity contribution in [3.8, 4) is 6.07 Å². The maximum Gasteiger partial charge on any atom is 0.238 e. The summed E-state index contributed by atoms with van der Waals surface area (Å²) in [6.45, 7) is 8.02. The third-order valence-corrected chi connectivity index (χ3v) is 5.42. The van der Waals surface area contributed by atoms with Crippen molar-refractivity contribution in [3.63, 3.8) is 0 Å². The van der Waals surface area contributed by atoms with Crippen molar-refractivity contribution in [2.75, 3.05) is 5.32 Å². The number of aryl methyl sites for hydroxylation is 4. The highest BCUT2D eigenvalue weighted by atomic mass is 32.2. The Morgan fingerprint density at radius 2 is 2.00 bits per heavy atom. The Bertz CT molecular complexity index is 1080. The van der Waals surface area contributed by atoms with Crippen LogP contribution < -0.4 is 5.32 Å². The molecule has 3 rings (SSSR count). The van der Waals surface area contributed by atoms with Gasteiger partial charge < -0.3 is 5.32 Å². The summed E-state index contributed by atoms with van der Waals surface area (Å²) >= 11 is 1.40. The van der Waals surface area contributed by atoms with Crippen molar-refractivity contribution in [2.24, 2.45) is 7.05 Å². The monoisotopic (exact) mass is 379 g/mol. The molecule has 0 saturated heterocycles. The van der Waals surface area contributed by atoms with Crippen LogP contribution in [-0.4, -0.2) is 25.9 Å². The van der Waals surface area contributed by atoms with Crippen LogP contribution in [0.1, 0.15) is 29.2 Å². The van der Waals surface area contributed by atoms with Gasteiger partial charge in [0.25, 0.3) is 0 Å². The van der Waals surface area contributed by atoms with E-state index in [1.807, 2.05) is 19.1 Å². The SMILES string of the molecule is Cc1cc(C)c2nc(SC(C)C(=O)Nc3c(C#N)cnn3C)cc(C)c2c1. The number of nitriles is 1. The lowest BCUT2D eigenvalue weighted by atomic mass is 10.0. The fraction of sp³-hybridized carbons (Fsp3) is 0.300. The summed E-state index contributed by atoms with van der Waals surface area (Å²) in [7, 11) is 1.69. The Kier molecular flexibility index (Phi) is 5.19. The molecular formula is C20H21N5OS. The molecule has 1 aromatic carbocycles. The number of carbonyl (C=O) groups excluding carboxylic acids is 1. The summed E-state index contributed by atoms with van der Waals surface area (Å²) in [5.41, 5.74) is 4.78. The molecule has 27 heavy (non-hydrogen) atoms. The standard InChI is InChI=1S/C20H21N5OS/c1-11-6-13(3)18-16(7-11)12(2)8-17(23-18)27-14(4)20(26)24-19-15(9-21)10-22-25(19)5/h6-8,10,14H,1-5H3,(H,24,26). The highest BCUT2D eigenvalue weighted by Crippen LogP contribution is 2.29. The number of carbonyl (C=O) groups is 1. The zero-order chi connectivity index (χ0) is 19.7. The van der Waals surface area contributed by atoms with Crippen molar-refractivity contribution >= 4 is 34.4 Å². The summed E-state index contributed by atoms with van der Waals surface area (Å²) in [5.74, 6) is 0.212. The average Bonchev–Trinajstić information content (AvgIpc) is 2.96. The van der Waals surface area contributed by atoms with Crippen LogP contribution in [0.3, 0.4) is 0 Å². The smallest absolute Gasteiger partial charge is 0.238 e. The number of fused-ring (bicyclic) bond motifs is 1. The van der Waals surface area contributed by atoms with Gasteiger partial charge in [-0.2, -0.15) is 10.4 Å². The quantitative estimate of drug-likeness (QED) is 0.696. The average molecular weight is 379 g/mol. The van der Waals surface area contributed by atoms with E-state index in [0.29, 0.717) is 11.4 Å². The fourth-order valence-corrected chi connectivity index (χ4v) is 3.91. The highest BCUT2D eigenvalue weighted by molar-refractivity contribution is 8.00. The minimum atomic E-state index is -0.374. The summed E-state index contributed by atoms with van der Waals surface area (Å²) in [6.07, 6.45) is 1.44. The number of hydrogen-bond acceptors (Lipinski definition) is 5. The molecule has 0 radical (unpaired) electrons. The Labute approximate surface area is 162 Å². The van der Waals surface area contributed by atoms with E-state index in [1.54, 1.807) is 7.05 Å². The topological polar surface area (TPSA) is 83.6 Å². The molecule has 0 bridgehead atoms. The Morgan fingerprint density at radius 3 is 2.70 bits per heavy atom. The maximum absolute atomic E-state index is 12.6. The van der Waals surface area contributed by atoms with Crippen LogP contribution in [0.25, 0.3) is 10.9 Å². The van der Waals surface area contributed by atoms with Crippen molar-refractivity contribution in [2.45, 2.75) is 38.0 Å². The van der Waals surface area contributed by atoms with Crippen LogP contribution in [0.15, 0.2) is 29.4 Å². The first-order valence-corrected chi connectivity index (χ1v) is 9.46. The number of nitrogens with one attached hydrogen (secondary N) is 1. The largest absolute Gasteiger partial charge is 0.309 e. The lowest BCUT2D eigenvalue weighted by molar-refractivity contribution is -0.115. The number of hydrogen-bond donors (Lipinski definition) is 1. The molecule has 138 valence electrons. The number of anilines is 1. The van der Waals surface area contributed by atoms with Gasteiger partial charge in [-0.1, -0.05) is 23.4 Å². The molecule has 0 saturated carbocycles. The summed E-state index contributed by atoms with van der Waals surface area (Å²) in [5, 5.41) is 17.5. The number of amides is 1. The Morgan fingerprint density at radius 1 is 1.26 bits per heavy atom. The molecular weight excluding hydrogens is 358 g/mol. The molecule has 2 heterocycles. The van der Waals surface area contributed by atoms with E-state index in [2.05, 4.69) is 43.3 Å². The molecule has 0 fully saturated rings. The summed E-state index contributed by atoms with van der Waals surface area (Å²) in [6, 6.07) is 8.30. The second-order valence-electron chi connectivity index (χ2n) is 6.65. The van der Waals surface area contributed by atoms with E-state index in [0.717, 1.165) is 27.1 Å². The molecule has 6 nitrogen and oxygen atoms in total. The zero-order valence-corrected chi connectivity index (χ0v) is 16.8. The van der Waals surface area contributed by atoms with E-state index >= 15 is 0 Å². The van der Waals surface area contributed by atoms with Gasteiger partial charge in [-0.3, -0.25) is 9.48 Å². The molecule has 0 aliphatic carbocycles. The molecule has 0 spiro atoms. The van der Waals surface area contributed by atoms with Gasteiger partial charge in [0.05, 0.1) is 22.0 Å². The number of pyridine rings is 1. The van der Waals surface area contributed by atoms with Gasteiger partial charge in [0.2, 0.25) is 5.91 Å². The molecule has 2 aromatic heterocycles. The number of benzene rings is 1. The minimum absolute atomic E-state index is 0.194. The lowest BCUT2D eigenvalue weighted by Gasteiger charge is -2.14. The van der Waals surface area contributed by atoms with E-state index < -0.39 is 0 Å². The lowest BCUT2D eigenvalue weighted by Crippen LogP contribution is -2.24. The van der Waals surface area contributed by atoms with E-state index in [4.69, 9.17) is 10.2 Å². The van der Waals surface area contributed by atoms with Crippen LogP contribution in [0.4, 0.5) is 5.82 Å². The molecule has 1 unspecified atom stereocenters. The summed E-state index contributed by atoms with van der Waals surface area (Å²) < 4.78 is 1.48. The normalized spacial score (nSPS) is 12.0. The highest BCUT2D eigenvalue weighted by Gasteiger charge is 2.19. The van der Waals surface area contributed by atoms with Gasteiger partial charge in [-0.25, -0.2) is 4.98 Å². The molecule has 0 aliphatic rings. The van der Waals surface area contributed by atoms with Gasteiger partial charge in [-0.15, -0.1) is 0 Å². The molecule has 7 heteroatoms. The third-order valence-electron chi connectivity index (χ3n) is 4.40. The number of aromatic nitrogens is 3. The number of rotatable bonds is 4. The first-order chi connectivity index (χ1) is 12.8. The van der Waals surface area contributed by atoms with Gasteiger partial charge in [0.1, 0.15) is 17.5 Å². The number of nitrogens with zero attached hydrogens (tertiary/aromatic N) is 4. The van der Waals surface area contributed by atoms with E-state index in [1.165, 1.54) is 28.2 Å². The molecule has 3 aromatic rings. The van der Waals surface area contributed by atoms with Gasteiger partial charge in [-0.05, 0) is 51.0 Å². The first-order valence-electron chi connectivity index (χ1n) is 8.58. The second-order valence-corrected chi connectivity index (χ2v) is 8.01. The van der Waals surface area contributed by atoms with Gasteiger partial charge >= 0.3 is 0 Å². The van der Waals surface area contributed by atoms with Crippen LogP contribution in [0.2, 0.25) is 0 Å². The van der Waals surface area contributed by atoms with Gasteiger partial charge in [0, 0.05) is 12.4 Å². The minimum Gasteiger partial charge on any atom is -0.309 e.